The molecule has 0 bridgehead atoms. The summed E-state index contributed by atoms with van der Waals surface area (Å²) in [7, 11) is 0. The lowest BCUT2D eigenvalue weighted by atomic mass is 10.2. The van der Waals surface area contributed by atoms with E-state index in [0.29, 0.717) is 5.56 Å². The number of hydrogen-bond donors (Lipinski definition) is 1. The van der Waals surface area contributed by atoms with Gasteiger partial charge < -0.3 is 10.1 Å². The zero-order chi connectivity index (χ0) is 18.2. The number of carbonyl (C=O) groups excluding carboxylic acids is 2. The molecule has 2 aromatic rings. The first-order valence-corrected chi connectivity index (χ1v) is 7.09. The van der Waals surface area contributed by atoms with E-state index in [1.165, 1.54) is 48.5 Å². The molecule has 0 fully saturated rings. The third-order valence-electron chi connectivity index (χ3n) is 2.98. The van der Waals surface area contributed by atoms with Gasteiger partial charge in [0.2, 0.25) is 0 Å². The second-order valence-corrected chi connectivity index (χ2v) is 4.82. The number of carbonyl (C=O) groups is 2. The van der Waals surface area contributed by atoms with Crippen LogP contribution >= 0.6 is 0 Å². The molecule has 0 radical (unpaired) electrons. The zero-order valence-corrected chi connectivity index (χ0v) is 12.8. The summed E-state index contributed by atoms with van der Waals surface area (Å²) in [4.78, 5) is 33.5. The standard InChI is InChI=1S/C17H13FN2O5/c18-13-5-3-4-12(10-13)8-9-17(22)25-11-16(21)19-14-6-1-2-7-15(14)20(23)24/h1-10H,11H2,(H,19,21)/b9-8+. The lowest BCUT2D eigenvalue weighted by molar-refractivity contribution is -0.383. The van der Waals surface area contributed by atoms with E-state index in [-0.39, 0.29) is 11.4 Å². The molecule has 1 N–H and O–H groups in total. The van der Waals surface area contributed by atoms with Gasteiger partial charge in [-0.1, -0.05) is 24.3 Å². The molecule has 0 saturated heterocycles. The van der Waals surface area contributed by atoms with Crippen LogP contribution in [0.1, 0.15) is 5.56 Å². The third-order valence-corrected chi connectivity index (χ3v) is 2.98. The number of para-hydroxylation sites is 2. The molecule has 2 aromatic carbocycles. The summed E-state index contributed by atoms with van der Waals surface area (Å²) < 4.78 is 17.7. The molecule has 0 aliphatic carbocycles. The molecular formula is C17H13FN2O5. The van der Waals surface area contributed by atoms with Crippen molar-refractivity contribution in [1.29, 1.82) is 0 Å². The first-order chi connectivity index (χ1) is 12.0. The van der Waals surface area contributed by atoms with Crippen LogP contribution in [0.3, 0.4) is 0 Å². The molecule has 0 spiro atoms. The Hall–Kier alpha value is -3.55. The maximum absolute atomic E-state index is 13.0. The minimum atomic E-state index is -0.804. The number of hydrogen-bond acceptors (Lipinski definition) is 5. The molecule has 0 aliphatic heterocycles. The summed E-state index contributed by atoms with van der Waals surface area (Å²) in [6.07, 6.45) is 2.39. The van der Waals surface area contributed by atoms with Gasteiger partial charge in [0.1, 0.15) is 11.5 Å². The van der Waals surface area contributed by atoms with E-state index in [2.05, 4.69) is 5.32 Å². The minimum Gasteiger partial charge on any atom is -0.452 e. The monoisotopic (exact) mass is 344 g/mol. The number of nitro benzene ring substituents is 1. The number of rotatable bonds is 6. The van der Waals surface area contributed by atoms with Crippen molar-refractivity contribution < 1.29 is 23.6 Å². The van der Waals surface area contributed by atoms with Gasteiger partial charge in [-0.25, -0.2) is 9.18 Å². The highest BCUT2D eigenvalue weighted by atomic mass is 19.1. The van der Waals surface area contributed by atoms with Crippen molar-refractivity contribution >= 4 is 29.3 Å². The fourth-order valence-corrected chi connectivity index (χ4v) is 1.88. The summed E-state index contributed by atoms with van der Waals surface area (Å²) in [5, 5.41) is 13.1. The number of halogens is 1. The maximum Gasteiger partial charge on any atom is 0.331 e. The first-order valence-electron chi connectivity index (χ1n) is 7.09. The van der Waals surface area contributed by atoms with Crippen LogP contribution in [-0.2, 0) is 14.3 Å². The lowest BCUT2D eigenvalue weighted by Gasteiger charge is -2.05. The summed E-state index contributed by atoms with van der Waals surface area (Å²) >= 11 is 0. The Morgan fingerprint density at radius 3 is 2.68 bits per heavy atom. The molecule has 7 nitrogen and oxygen atoms in total. The van der Waals surface area contributed by atoms with Crippen LogP contribution in [0.2, 0.25) is 0 Å². The van der Waals surface area contributed by atoms with Gasteiger partial charge in [0, 0.05) is 12.1 Å². The zero-order valence-electron chi connectivity index (χ0n) is 12.8. The van der Waals surface area contributed by atoms with Gasteiger partial charge in [0.25, 0.3) is 11.6 Å². The van der Waals surface area contributed by atoms with Crippen molar-refractivity contribution in [2.45, 2.75) is 0 Å². The maximum atomic E-state index is 13.0. The molecule has 0 atom stereocenters. The second kappa shape index (κ2) is 8.34. The van der Waals surface area contributed by atoms with E-state index >= 15 is 0 Å². The van der Waals surface area contributed by atoms with Gasteiger partial charge in [0.05, 0.1) is 4.92 Å². The Morgan fingerprint density at radius 1 is 1.20 bits per heavy atom. The molecule has 128 valence electrons. The van der Waals surface area contributed by atoms with Crippen LogP contribution in [0.5, 0.6) is 0 Å². The molecule has 0 aromatic heterocycles. The van der Waals surface area contributed by atoms with Crippen LogP contribution in [-0.4, -0.2) is 23.4 Å². The molecule has 0 unspecified atom stereocenters. The van der Waals surface area contributed by atoms with Crippen LogP contribution in [0.15, 0.2) is 54.6 Å². The van der Waals surface area contributed by atoms with Crippen LogP contribution in [0.25, 0.3) is 6.08 Å². The molecule has 8 heteroatoms. The van der Waals surface area contributed by atoms with E-state index < -0.39 is 29.2 Å². The van der Waals surface area contributed by atoms with E-state index in [1.54, 1.807) is 6.07 Å². The summed E-state index contributed by atoms with van der Waals surface area (Å²) in [5.74, 6) is -1.97. The van der Waals surface area contributed by atoms with Gasteiger partial charge >= 0.3 is 5.97 Å². The molecule has 25 heavy (non-hydrogen) atoms. The molecule has 0 heterocycles. The number of nitrogens with one attached hydrogen (secondary N) is 1. The van der Waals surface area contributed by atoms with Crippen molar-refractivity contribution in [2.24, 2.45) is 0 Å². The molecule has 0 aliphatic rings. The highest BCUT2D eigenvalue weighted by Crippen LogP contribution is 2.22. The smallest absolute Gasteiger partial charge is 0.331 e. The van der Waals surface area contributed by atoms with Crippen LogP contribution in [0, 0.1) is 15.9 Å². The lowest BCUT2D eigenvalue weighted by Crippen LogP contribution is -2.20. The predicted octanol–water partition coefficient (Wildman–Crippen LogP) is 2.93. The molecule has 1 amide bonds. The van der Waals surface area contributed by atoms with Gasteiger partial charge in [-0.3, -0.25) is 14.9 Å². The number of anilines is 1. The van der Waals surface area contributed by atoms with E-state index in [1.807, 2.05) is 0 Å². The third kappa shape index (κ3) is 5.54. The van der Waals surface area contributed by atoms with Crippen molar-refractivity contribution in [3.05, 3.63) is 76.1 Å². The fourth-order valence-electron chi connectivity index (χ4n) is 1.88. The molecular weight excluding hydrogens is 331 g/mol. The number of ether oxygens (including phenoxy) is 1. The van der Waals surface area contributed by atoms with Crippen molar-refractivity contribution in [3.63, 3.8) is 0 Å². The first kappa shape index (κ1) is 17.8. The summed E-state index contributed by atoms with van der Waals surface area (Å²) in [6.45, 7) is -0.613. The largest absolute Gasteiger partial charge is 0.452 e. The topological polar surface area (TPSA) is 98.5 Å². The summed E-state index contributed by atoms with van der Waals surface area (Å²) in [5.41, 5.74) is 0.193. The number of nitro groups is 1. The SMILES string of the molecule is O=C(COC(=O)/C=C/c1cccc(F)c1)Nc1ccccc1[N+](=O)[O-]. The number of amides is 1. The molecule has 2 rings (SSSR count). The Bertz CT molecular complexity index is 835. The highest BCUT2D eigenvalue weighted by Gasteiger charge is 2.15. The van der Waals surface area contributed by atoms with E-state index in [4.69, 9.17) is 4.74 Å². The fraction of sp³-hybridized carbons (Fsp3) is 0.0588. The average molecular weight is 344 g/mol. The van der Waals surface area contributed by atoms with E-state index in [9.17, 15) is 24.1 Å². The van der Waals surface area contributed by atoms with Gasteiger partial charge in [-0.05, 0) is 29.8 Å². The average Bonchev–Trinajstić information content (AvgIpc) is 2.58. The van der Waals surface area contributed by atoms with Crippen LogP contribution < -0.4 is 5.32 Å². The second-order valence-electron chi connectivity index (χ2n) is 4.82. The Kier molecular flexibility index (Phi) is 5.94. The van der Waals surface area contributed by atoms with Gasteiger partial charge in [0.15, 0.2) is 6.61 Å². The predicted molar refractivity (Wildman–Crippen MR) is 88.1 cm³/mol. The number of nitrogens with zero attached hydrogens (tertiary/aromatic N) is 1. The highest BCUT2D eigenvalue weighted by molar-refractivity contribution is 5.96. The Balaban J connectivity index is 1.88. The van der Waals surface area contributed by atoms with E-state index in [0.717, 1.165) is 6.08 Å². The number of benzene rings is 2. The van der Waals surface area contributed by atoms with Gasteiger partial charge in [-0.15, -0.1) is 0 Å². The Morgan fingerprint density at radius 2 is 1.96 bits per heavy atom. The number of esters is 1. The Labute approximate surface area is 141 Å². The molecule has 0 saturated carbocycles. The van der Waals surface area contributed by atoms with Crippen molar-refractivity contribution in [1.82, 2.24) is 0 Å². The summed E-state index contributed by atoms with van der Waals surface area (Å²) in [6, 6.07) is 11.2. The minimum absolute atomic E-state index is 0.00357. The van der Waals surface area contributed by atoms with Crippen LogP contribution in [0.4, 0.5) is 15.8 Å². The quantitative estimate of drug-likeness (QED) is 0.376. The normalized spacial score (nSPS) is 10.4. The van der Waals surface area contributed by atoms with Crippen molar-refractivity contribution in [2.75, 3.05) is 11.9 Å². The van der Waals surface area contributed by atoms with Gasteiger partial charge in [-0.2, -0.15) is 0 Å². The van der Waals surface area contributed by atoms with Crippen molar-refractivity contribution in [3.8, 4) is 0 Å².